The molecule has 1 aromatic heterocycles. The quantitative estimate of drug-likeness (QED) is 0.432. The molecule has 0 bridgehead atoms. The van der Waals surface area contributed by atoms with Crippen molar-refractivity contribution in [2.45, 2.75) is 19.3 Å². The standard InChI is InChI=1S/C24H23F3N4O2S/c1-2-8-31-22(33)19-7-6-17(14-20(19)28-23(31)34)21(32)30-11-9-29(10-12-30)15-16-4-3-5-18(13-16)24(25,26)27/h2-7,13-14H,1,8-12,15H2,(H,28,34). The number of rotatable bonds is 5. The summed E-state index contributed by atoms with van der Waals surface area (Å²) in [5.74, 6) is -0.171. The number of fused-ring (bicyclic) bond motifs is 1. The van der Waals surface area contributed by atoms with Crippen LogP contribution < -0.4 is 5.56 Å². The summed E-state index contributed by atoms with van der Waals surface area (Å²) in [6.45, 7) is 6.30. The van der Waals surface area contributed by atoms with Gasteiger partial charge in [-0.15, -0.1) is 6.58 Å². The van der Waals surface area contributed by atoms with E-state index >= 15 is 0 Å². The van der Waals surface area contributed by atoms with Crippen LogP contribution in [0.4, 0.5) is 13.2 Å². The van der Waals surface area contributed by atoms with Gasteiger partial charge < -0.3 is 9.88 Å². The molecule has 0 spiro atoms. The van der Waals surface area contributed by atoms with Gasteiger partial charge in [0, 0.05) is 44.8 Å². The van der Waals surface area contributed by atoms with Crippen LogP contribution >= 0.6 is 12.2 Å². The molecule has 0 atom stereocenters. The molecule has 1 N–H and O–H groups in total. The molecule has 34 heavy (non-hydrogen) atoms. The SMILES string of the molecule is C=CCn1c(=S)[nH]c2cc(C(=O)N3CCN(Cc4cccc(C(F)(F)F)c4)CC3)ccc2c1=O. The minimum absolute atomic E-state index is 0.171. The van der Waals surface area contributed by atoms with E-state index in [0.717, 1.165) is 6.07 Å². The highest BCUT2D eigenvalue weighted by molar-refractivity contribution is 7.71. The number of amides is 1. The predicted octanol–water partition coefficient (Wildman–Crippen LogP) is 4.22. The number of hydrogen-bond donors (Lipinski definition) is 1. The lowest BCUT2D eigenvalue weighted by molar-refractivity contribution is -0.137. The minimum Gasteiger partial charge on any atom is -0.336 e. The van der Waals surface area contributed by atoms with Crippen LogP contribution in [0, 0.1) is 4.77 Å². The number of carbonyl (C=O) groups is 1. The van der Waals surface area contributed by atoms with E-state index in [1.165, 1.54) is 16.7 Å². The fourth-order valence-electron chi connectivity index (χ4n) is 4.08. The van der Waals surface area contributed by atoms with Gasteiger partial charge in [0.2, 0.25) is 0 Å². The third kappa shape index (κ3) is 4.97. The van der Waals surface area contributed by atoms with E-state index < -0.39 is 11.7 Å². The lowest BCUT2D eigenvalue weighted by Crippen LogP contribution is -2.48. The van der Waals surface area contributed by atoms with Gasteiger partial charge in [0.15, 0.2) is 4.77 Å². The van der Waals surface area contributed by atoms with Crippen LogP contribution in [0.25, 0.3) is 10.9 Å². The number of H-pyrrole nitrogens is 1. The summed E-state index contributed by atoms with van der Waals surface area (Å²) in [6.07, 6.45) is -2.79. The van der Waals surface area contributed by atoms with Crippen molar-refractivity contribution in [3.63, 3.8) is 0 Å². The van der Waals surface area contributed by atoms with Crippen LogP contribution in [0.2, 0.25) is 0 Å². The number of piperazine rings is 1. The summed E-state index contributed by atoms with van der Waals surface area (Å²) >= 11 is 5.26. The lowest BCUT2D eigenvalue weighted by atomic mass is 10.1. The molecule has 2 aromatic carbocycles. The van der Waals surface area contributed by atoms with E-state index in [2.05, 4.69) is 11.6 Å². The Labute approximate surface area is 198 Å². The first-order valence-electron chi connectivity index (χ1n) is 10.7. The number of hydrogen-bond acceptors (Lipinski definition) is 4. The molecule has 1 saturated heterocycles. The lowest BCUT2D eigenvalue weighted by Gasteiger charge is -2.35. The number of benzene rings is 2. The molecule has 0 unspecified atom stereocenters. The second kappa shape index (κ2) is 9.55. The first kappa shape index (κ1) is 23.9. The van der Waals surface area contributed by atoms with E-state index in [9.17, 15) is 22.8 Å². The van der Waals surface area contributed by atoms with E-state index in [4.69, 9.17) is 12.2 Å². The molecule has 1 aliphatic rings. The monoisotopic (exact) mass is 488 g/mol. The fraction of sp³-hybridized carbons (Fsp3) is 0.292. The Bertz CT molecular complexity index is 1350. The van der Waals surface area contributed by atoms with Crippen molar-refractivity contribution in [2.24, 2.45) is 0 Å². The van der Waals surface area contributed by atoms with Crippen LogP contribution in [0.3, 0.4) is 0 Å². The van der Waals surface area contributed by atoms with E-state index in [1.807, 2.05) is 4.90 Å². The third-order valence-corrected chi connectivity index (χ3v) is 6.18. The molecular formula is C24H23F3N4O2S. The van der Waals surface area contributed by atoms with Crippen LogP contribution in [0.5, 0.6) is 0 Å². The zero-order valence-electron chi connectivity index (χ0n) is 18.3. The Hall–Kier alpha value is -3.24. The zero-order valence-corrected chi connectivity index (χ0v) is 19.1. The van der Waals surface area contributed by atoms with Gasteiger partial charge in [0.05, 0.1) is 16.5 Å². The number of carbonyl (C=O) groups excluding carboxylic acids is 1. The molecule has 2 heterocycles. The Morgan fingerprint density at radius 2 is 1.85 bits per heavy atom. The molecule has 178 valence electrons. The van der Waals surface area contributed by atoms with Crippen molar-refractivity contribution in [3.05, 3.63) is 86.9 Å². The highest BCUT2D eigenvalue weighted by Gasteiger charge is 2.30. The number of halogens is 3. The maximum Gasteiger partial charge on any atom is 0.416 e. The molecule has 1 amide bonds. The smallest absolute Gasteiger partial charge is 0.336 e. The average Bonchev–Trinajstić information content (AvgIpc) is 2.81. The second-order valence-corrected chi connectivity index (χ2v) is 8.55. The van der Waals surface area contributed by atoms with Crippen molar-refractivity contribution >= 4 is 29.0 Å². The van der Waals surface area contributed by atoms with E-state index in [1.54, 1.807) is 35.2 Å². The molecule has 0 aliphatic carbocycles. The maximum absolute atomic E-state index is 13.0. The summed E-state index contributed by atoms with van der Waals surface area (Å²) < 4.78 is 40.5. The molecule has 1 fully saturated rings. The Morgan fingerprint density at radius 1 is 1.12 bits per heavy atom. The largest absolute Gasteiger partial charge is 0.416 e. The number of nitrogens with one attached hydrogen (secondary N) is 1. The number of nitrogens with zero attached hydrogens (tertiary/aromatic N) is 3. The van der Waals surface area contributed by atoms with Gasteiger partial charge in [-0.1, -0.05) is 24.3 Å². The second-order valence-electron chi connectivity index (χ2n) is 8.16. The van der Waals surface area contributed by atoms with Crippen LogP contribution in [-0.4, -0.2) is 51.4 Å². The van der Waals surface area contributed by atoms with Gasteiger partial charge in [-0.3, -0.25) is 19.1 Å². The van der Waals surface area contributed by atoms with Crippen molar-refractivity contribution in [3.8, 4) is 0 Å². The summed E-state index contributed by atoms with van der Waals surface area (Å²) in [5.41, 5.74) is 0.599. The summed E-state index contributed by atoms with van der Waals surface area (Å²) in [4.78, 5) is 32.4. The van der Waals surface area contributed by atoms with Gasteiger partial charge in [0.25, 0.3) is 11.5 Å². The van der Waals surface area contributed by atoms with Gasteiger partial charge >= 0.3 is 6.18 Å². The third-order valence-electron chi connectivity index (χ3n) is 5.86. The highest BCUT2D eigenvalue weighted by Crippen LogP contribution is 2.29. The van der Waals surface area contributed by atoms with Gasteiger partial charge in [-0.05, 0) is 42.0 Å². The van der Waals surface area contributed by atoms with E-state index in [0.29, 0.717) is 54.8 Å². The topological polar surface area (TPSA) is 61.3 Å². The van der Waals surface area contributed by atoms with Crippen molar-refractivity contribution < 1.29 is 18.0 Å². The maximum atomic E-state index is 13.0. The van der Waals surface area contributed by atoms with Crippen LogP contribution in [-0.2, 0) is 19.3 Å². The van der Waals surface area contributed by atoms with Crippen LogP contribution in [0.15, 0.2) is 59.9 Å². The summed E-state index contributed by atoms with van der Waals surface area (Å²) in [7, 11) is 0. The summed E-state index contributed by atoms with van der Waals surface area (Å²) in [6, 6.07) is 10.2. The Balaban J connectivity index is 1.44. The summed E-state index contributed by atoms with van der Waals surface area (Å²) in [5, 5.41) is 0.429. The molecule has 1 aliphatic heterocycles. The first-order chi connectivity index (χ1) is 16.2. The molecule has 0 radical (unpaired) electrons. The Morgan fingerprint density at radius 3 is 2.53 bits per heavy atom. The van der Waals surface area contributed by atoms with Gasteiger partial charge in [0.1, 0.15) is 0 Å². The van der Waals surface area contributed by atoms with Gasteiger partial charge in [-0.25, -0.2) is 0 Å². The molecule has 0 saturated carbocycles. The molecule has 3 aromatic rings. The molecule has 4 rings (SSSR count). The number of alkyl halides is 3. The van der Waals surface area contributed by atoms with Crippen molar-refractivity contribution in [2.75, 3.05) is 26.2 Å². The first-order valence-corrected chi connectivity index (χ1v) is 11.1. The number of allylic oxidation sites excluding steroid dienone is 1. The molecule has 10 heteroatoms. The van der Waals surface area contributed by atoms with Crippen molar-refractivity contribution in [1.29, 1.82) is 0 Å². The highest BCUT2D eigenvalue weighted by atomic mass is 32.1. The number of aromatic amines is 1. The zero-order chi connectivity index (χ0) is 24.5. The predicted molar refractivity (Wildman–Crippen MR) is 126 cm³/mol. The normalized spacial score (nSPS) is 15.0. The Kier molecular flexibility index (Phi) is 6.72. The number of aromatic nitrogens is 2. The van der Waals surface area contributed by atoms with E-state index in [-0.39, 0.29) is 22.8 Å². The van der Waals surface area contributed by atoms with Crippen molar-refractivity contribution in [1.82, 2.24) is 19.4 Å². The minimum atomic E-state index is -4.37. The fourth-order valence-corrected chi connectivity index (χ4v) is 4.35. The van der Waals surface area contributed by atoms with Gasteiger partial charge in [-0.2, -0.15) is 13.2 Å². The van der Waals surface area contributed by atoms with Crippen LogP contribution in [0.1, 0.15) is 21.5 Å². The molecule has 6 nitrogen and oxygen atoms in total. The molecular weight excluding hydrogens is 465 g/mol. The average molecular weight is 489 g/mol.